The summed E-state index contributed by atoms with van der Waals surface area (Å²) in [4.78, 5) is 22.9. The highest BCUT2D eigenvalue weighted by molar-refractivity contribution is 5.79. The summed E-state index contributed by atoms with van der Waals surface area (Å²) in [6.45, 7) is 2.67. The average molecular weight is 271 g/mol. The number of rotatable bonds is 7. The largest absolute Gasteiger partial charge is 0.481 e. The summed E-state index contributed by atoms with van der Waals surface area (Å²) in [6.07, 6.45) is 6.32. The van der Waals surface area contributed by atoms with Gasteiger partial charge < -0.3 is 15.2 Å². The Hall–Kier alpha value is -1.10. The number of carboxylic acids is 1. The van der Waals surface area contributed by atoms with Gasteiger partial charge in [0.1, 0.15) is 6.61 Å². The van der Waals surface area contributed by atoms with E-state index in [4.69, 9.17) is 4.74 Å². The summed E-state index contributed by atoms with van der Waals surface area (Å²) in [6, 6.07) is -0.248. The molecule has 1 fully saturated rings. The van der Waals surface area contributed by atoms with Gasteiger partial charge in [-0.15, -0.1) is 0 Å². The number of carboxylic acid groups (broad SMARTS) is 1. The number of ether oxygens (including phenoxy) is 1. The first-order chi connectivity index (χ1) is 9.15. The van der Waals surface area contributed by atoms with E-state index in [2.05, 4.69) is 12.2 Å². The van der Waals surface area contributed by atoms with E-state index in [9.17, 15) is 14.7 Å². The predicted molar refractivity (Wildman–Crippen MR) is 71.9 cm³/mol. The average Bonchev–Trinajstić information content (AvgIpc) is 2.60. The minimum atomic E-state index is -0.806. The summed E-state index contributed by atoms with van der Waals surface area (Å²) in [5, 5.41) is 12.0. The Morgan fingerprint density at radius 3 is 2.68 bits per heavy atom. The molecule has 1 aliphatic rings. The van der Waals surface area contributed by atoms with E-state index in [1.807, 2.05) is 0 Å². The van der Waals surface area contributed by atoms with Crippen molar-refractivity contribution in [2.45, 2.75) is 57.9 Å². The molecule has 0 aliphatic heterocycles. The monoisotopic (exact) mass is 271 g/mol. The number of aliphatic carboxylic acids is 1. The molecule has 110 valence electrons. The van der Waals surface area contributed by atoms with Crippen LogP contribution in [0.15, 0.2) is 0 Å². The molecule has 1 rings (SSSR count). The van der Waals surface area contributed by atoms with Crippen molar-refractivity contribution >= 4 is 11.9 Å². The first-order valence-corrected chi connectivity index (χ1v) is 7.25. The summed E-state index contributed by atoms with van der Waals surface area (Å²) in [5.74, 6) is -1.46. The van der Waals surface area contributed by atoms with Crippen LogP contribution in [-0.2, 0) is 14.3 Å². The van der Waals surface area contributed by atoms with Crippen molar-refractivity contribution in [3.05, 3.63) is 0 Å². The van der Waals surface area contributed by atoms with Crippen LogP contribution in [0.5, 0.6) is 0 Å². The maximum Gasteiger partial charge on any atom is 0.308 e. The maximum absolute atomic E-state index is 11.7. The molecule has 0 radical (unpaired) electrons. The molecule has 5 heteroatoms. The normalized spacial score (nSPS) is 23.6. The number of nitrogens with one attached hydrogen (secondary N) is 1. The third-order valence-electron chi connectivity index (χ3n) is 3.55. The minimum absolute atomic E-state index is 0.0306. The molecule has 0 spiro atoms. The van der Waals surface area contributed by atoms with Crippen molar-refractivity contribution < 1.29 is 19.4 Å². The van der Waals surface area contributed by atoms with Crippen LogP contribution in [0.25, 0.3) is 0 Å². The smallest absolute Gasteiger partial charge is 0.308 e. The first kappa shape index (κ1) is 16.0. The van der Waals surface area contributed by atoms with E-state index in [1.54, 1.807) is 0 Å². The van der Waals surface area contributed by atoms with Crippen LogP contribution in [0.4, 0.5) is 0 Å². The van der Waals surface area contributed by atoms with Crippen LogP contribution in [-0.4, -0.2) is 36.2 Å². The number of carbonyl (C=O) groups is 2. The van der Waals surface area contributed by atoms with Crippen molar-refractivity contribution in [3.63, 3.8) is 0 Å². The molecule has 0 aromatic carbocycles. The van der Waals surface area contributed by atoms with Crippen LogP contribution in [0, 0.1) is 5.92 Å². The zero-order valence-corrected chi connectivity index (χ0v) is 11.7. The van der Waals surface area contributed by atoms with Crippen molar-refractivity contribution in [1.29, 1.82) is 0 Å². The van der Waals surface area contributed by atoms with Gasteiger partial charge in [0.2, 0.25) is 5.91 Å². The summed E-state index contributed by atoms with van der Waals surface area (Å²) >= 11 is 0. The van der Waals surface area contributed by atoms with Gasteiger partial charge in [0, 0.05) is 12.6 Å². The fourth-order valence-electron chi connectivity index (χ4n) is 2.44. The topological polar surface area (TPSA) is 75.6 Å². The van der Waals surface area contributed by atoms with Gasteiger partial charge in [-0.2, -0.15) is 0 Å². The summed E-state index contributed by atoms with van der Waals surface area (Å²) in [7, 11) is 0. The van der Waals surface area contributed by atoms with Crippen molar-refractivity contribution in [3.8, 4) is 0 Å². The van der Waals surface area contributed by atoms with E-state index in [0.29, 0.717) is 13.0 Å². The van der Waals surface area contributed by atoms with Gasteiger partial charge in [-0.05, 0) is 19.3 Å². The number of amides is 1. The Bertz CT molecular complexity index is 293. The van der Waals surface area contributed by atoms with E-state index in [0.717, 1.165) is 38.5 Å². The number of hydrogen-bond acceptors (Lipinski definition) is 3. The second-order valence-electron chi connectivity index (χ2n) is 5.16. The van der Waals surface area contributed by atoms with Crippen LogP contribution < -0.4 is 5.32 Å². The van der Waals surface area contributed by atoms with Gasteiger partial charge in [-0.3, -0.25) is 9.59 Å². The molecule has 1 aliphatic carbocycles. The molecule has 0 saturated heterocycles. The standard InChI is InChI=1S/C14H25NO4/c1-2-3-9-19-10-13(16)15-12-8-6-4-5-7-11(12)14(17)18/h11-12H,2-10H2,1H3,(H,15,16)(H,17,18)/t11-,12+/m1/s1. The van der Waals surface area contributed by atoms with E-state index in [-0.39, 0.29) is 18.6 Å². The molecular formula is C14H25NO4. The summed E-state index contributed by atoms with van der Waals surface area (Å²) in [5.41, 5.74) is 0. The Balaban J connectivity index is 2.38. The minimum Gasteiger partial charge on any atom is -0.481 e. The lowest BCUT2D eigenvalue weighted by Gasteiger charge is -2.22. The van der Waals surface area contributed by atoms with Gasteiger partial charge in [0.15, 0.2) is 0 Å². The van der Waals surface area contributed by atoms with E-state index in [1.165, 1.54) is 0 Å². The SMILES string of the molecule is CCCCOCC(=O)N[C@H]1CCCCC[C@H]1C(=O)O. The van der Waals surface area contributed by atoms with Crippen molar-refractivity contribution in [2.24, 2.45) is 5.92 Å². The highest BCUT2D eigenvalue weighted by Crippen LogP contribution is 2.23. The molecule has 0 aromatic rings. The lowest BCUT2D eigenvalue weighted by atomic mass is 9.95. The third-order valence-corrected chi connectivity index (χ3v) is 3.55. The lowest BCUT2D eigenvalue weighted by Crippen LogP contribution is -2.44. The van der Waals surface area contributed by atoms with Crippen molar-refractivity contribution in [1.82, 2.24) is 5.32 Å². The zero-order valence-electron chi connectivity index (χ0n) is 11.7. The molecule has 0 bridgehead atoms. The van der Waals surface area contributed by atoms with E-state index < -0.39 is 11.9 Å². The molecule has 2 N–H and O–H groups in total. The molecule has 1 amide bonds. The highest BCUT2D eigenvalue weighted by atomic mass is 16.5. The second kappa shape index (κ2) is 8.91. The molecule has 1 saturated carbocycles. The zero-order chi connectivity index (χ0) is 14.1. The van der Waals surface area contributed by atoms with Crippen LogP contribution in [0.3, 0.4) is 0 Å². The van der Waals surface area contributed by atoms with Gasteiger partial charge in [0.05, 0.1) is 5.92 Å². The Morgan fingerprint density at radius 1 is 1.26 bits per heavy atom. The van der Waals surface area contributed by atoms with Crippen molar-refractivity contribution in [2.75, 3.05) is 13.2 Å². The molecule has 2 atom stereocenters. The number of carbonyl (C=O) groups excluding carboxylic acids is 1. The van der Waals surface area contributed by atoms with Gasteiger partial charge in [-0.1, -0.05) is 32.6 Å². The van der Waals surface area contributed by atoms with Gasteiger partial charge >= 0.3 is 5.97 Å². The maximum atomic E-state index is 11.7. The molecule has 19 heavy (non-hydrogen) atoms. The third kappa shape index (κ3) is 6.05. The molecule has 0 heterocycles. The van der Waals surface area contributed by atoms with Gasteiger partial charge in [0.25, 0.3) is 0 Å². The molecular weight excluding hydrogens is 246 g/mol. The molecule has 0 aromatic heterocycles. The van der Waals surface area contributed by atoms with Gasteiger partial charge in [-0.25, -0.2) is 0 Å². The number of unbranched alkanes of at least 4 members (excludes halogenated alkanes) is 1. The van der Waals surface area contributed by atoms with E-state index >= 15 is 0 Å². The fourth-order valence-corrected chi connectivity index (χ4v) is 2.44. The Kier molecular flexibility index (Phi) is 7.48. The highest BCUT2D eigenvalue weighted by Gasteiger charge is 2.30. The van der Waals surface area contributed by atoms with Crippen LogP contribution in [0.1, 0.15) is 51.9 Å². The van der Waals surface area contributed by atoms with Crippen LogP contribution in [0.2, 0.25) is 0 Å². The Labute approximate surface area is 114 Å². The fraction of sp³-hybridized carbons (Fsp3) is 0.857. The second-order valence-corrected chi connectivity index (χ2v) is 5.16. The summed E-state index contributed by atoms with van der Waals surface area (Å²) < 4.78 is 5.24. The quantitative estimate of drug-likeness (QED) is 0.548. The number of hydrogen-bond donors (Lipinski definition) is 2. The molecule has 0 unspecified atom stereocenters. The molecule has 5 nitrogen and oxygen atoms in total. The van der Waals surface area contributed by atoms with Crippen LogP contribution >= 0.6 is 0 Å². The Morgan fingerprint density at radius 2 is 2.00 bits per heavy atom. The first-order valence-electron chi connectivity index (χ1n) is 7.25. The predicted octanol–water partition coefficient (Wildman–Crippen LogP) is 1.95. The lowest BCUT2D eigenvalue weighted by molar-refractivity contribution is -0.143.